The Kier molecular flexibility index (Phi) is 1.48. The lowest BCUT2D eigenvalue weighted by molar-refractivity contribution is 0.100. The van der Waals surface area contributed by atoms with E-state index in [1.807, 2.05) is 0 Å². The molecule has 0 unspecified atom stereocenters. The van der Waals surface area contributed by atoms with Crippen LogP contribution in [0.5, 0.6) is 5.88 Å². The van der Waals surface area contributed by atoms with Crippen molar-refractivity contribution >= 4 is 16.9 Å². The molecule has 0 saturated heterocycles. The van der Waals surface area contributed by atoms with Gasteiger partial charge in [0, 0.05) is 6.92 Å². The molecule has 0 aromatic carbocycles. The van der Waals surface area contributed by atoms with Gasteiger partial charge in [-0.1, -0.05) is 0 Å². The van der Waals surface area contributed by atoms with E-state index >= 15 is 0 Å². The molecule has 2 N–H and O–H groups in total. The van der Waals surface area contributed by atoms with E-state index in [0.717, 1.165) is 0 Å². The number of aromatic amines is 1. The first-order valence-electron chi connectivity index (χ1n) is 3.59. The SMILES string of the molecule is CC(=O)c1nc(O)c2nc[nH]c2n1. The van der Waals surface area contributed by atoms with E-state index in [2.05, 4.69) is 19.9 Å². The van der Waals surface area contributed by atoms with E-state index in [1.165, 1.54) is 13.3 Å². The number of hydrogen-bond acceptors (Lipinski definition) is 5. The molecule has 0 aliphatic carbocycles. The number of imidazole rings is 1. The molecule has 6 nitrogen and oxygen atoms in total. The number of nitrogens with zero attached hydrogens (tertiary/aromatic N) is 3. The molecular formula is C7H6N4O2. The van der Waals surface area contributed by atoms with Crippen LogP contribution in [0.4, 0.5) is 0 Å². The lowest BCUT2D eigenvalue weighted by atomic mass is 10.4. The highest BCUT2D eigenvalue weighted by atomic mass is 16.3. The first-order chi connectivity index (χ1) is 6.18. The number of carbonyl (C=O) groups is 1. The summed E-state index contributed by atoms with van der Waals surface area (Å²) >= 11 is 0. The molecule has 0 bridgehead atoms. The third kappa shape index (κ3) is 1.12. The van der Waals surface area contributed by atoms with Gasteiger partial charge in [-0.3, -0.25) is 4.79 Å². The average molecular weight is 178 g/mol. The normalized spacial score (nSPS) is 10.5. The molecular weight excluding hydrogens is 172 g/mol. The van der Waals surface area contributed by atoms with Crippen molar-refractivity contribution in [2.75, 3.05) is 0 Å². The van der Waals surface area contributed by atoms with Gasteiger partial charge in [0.05, 0.1) is 6.33 Å². The molecule has 0 aliphatic rings. The van der Waals surface area contributed by atoms with Crippen molar-refractivity contribution in [3.05, 3.63) is 12.2 Å². The Morgan fingerprint density at radius 3 is 3.00 bits per heavy atom. The van der Waals surface area contributed by atoms with Gasteiger partial charge in [0.1, 0.15) is 0 Å². The van der Waals surface area contributed by atoms with Crippen LogP contribution in [0.15, 0.2) is 6.33 Å². The van der Waals surface area contributed by atoms with Crippen molar-refractivity contribution < 1.29 is 9.90 Å². The number of ketones is 1. The zero-order valence-electron chi connectivity index (χ0n) is 6.77. The number of Topliss-reactive ketones (excluding diaryl/α,β-unsaturated/α-hetero) is 1. The number of H-pyrrole nitrogens is 1. The first-order valence-corrected chi connectivity index (χ1v) is 3.59. The highest BCUT2D eigenvalue weighted by Crippen LogP contribution is 2.16. The summed E-state index contributed by atoms with van der Waals surface area (Å²) in [5.74, 6) is -0.600. The predicted molar refractivity (Wildman–Crippen MR) is 43.4 cm³/mol. The van der Waals surface area contributed by atoms with Gasteiger partial charge in [-0.05, 0) is 0 Å². The van der Waals surface area contributed by atoms with E-state index in [4.69, 9.17) is 0 Å². The van der Waals surface area contributed by atoms with Crippen molar-refractivity contribution in [2.24, 2.45) is 0 Å². The molecule has 0 radical (unpaired) electrons. The van der Waals surface area contributed by atoms with Gasteiger partial charge in [-0.15, -0.1) is 0 Å². The Morgan fingerprint density at radius 2 is 2.31 bits per heavy atom. The number of rotatable bonds is 1. The topological polar surface area (TPSA) is 91.8 Å². The van der Waals surface area contributed by atoms with Crippen LogP contribution in [0, 0.1) is 0 Å². The van der Waals surface area contributed by atoms with Gasteiger partial charge in [0.25, 0.3) is 0 Å². The van der Waals surface area contributed by atoms with Gasteiger partial charge >= 0.3 is 0 Å². The lowest BCUT2D eigenvalue weighted by Crippen LogP contribution is -2.00. The Labute approximate surface area is 72.7 Å². The lowest BCUT2D eigenvalue weighted by Gasteiger charge is -1.95. The van der Waals surface area contributed by atoms with Crippen LogP contribution in [-0.4, -0.2) is 30.8 Å². The molecule has 2 aromatic rings. The predicted octanol–water partition coefficient (Wildman–Crippen LogP) is 0.261. The fraction of sp³-hybridized carbons (Fsp3) is 0.143. The molecule has 0 atom stereocenters. The first kappa shape index (κ1) is 7.66. The zero-order valence-corrected chi connectivity index (χ0v) is 6.77. The summed E-state index contributed by atoms with van der Waals surface area (Å²) in [5, 5.41) is 9.30. The van der Waals surface area contributed by atoms with Gasteiger partial charge in [-0.25, -0.2) is 9.97 Å². The molecule has 0 fully saturated rings. The van der Waals surface area contributed by atoms with Crippen LogP contribution in [-0.2, 0) is 0 Å². The second kappa shape index (κ2) is 2.51. The summed E-state index contributed by atoms with van der Waals surface area (Å²) in [5.41, 5.74) is 0.628. The van der Waals surface area contributed by atoms with Gasteiger partial charge in [0.2, 0.25) is 11.7 Å². The maximum absolute atomic E-state index is 10.9. The summed E-state index contributed by atoms with van der Waals surface area (Å²) in [4.78, 5) is 24.8. The Morgan fingerprint density at radius 1 is 1.54 bits per heavy atom. The summed E-state index contributed by atoms with van der Waals surface area (Å²) in [6.07, 6.45) is 1.38. The summed E-state index contributed by atoms with van der Waals surface area (Å²) in [6, 6.07) is 0. The number of carbonyl (C=O) groups excluding carboxylic acids is 1. The largest absolute Gasteiger partial charge is 0.492 e. The van der Waals surface area contributed by atoms with Gasteiger partial charge in [-0.2, -0.15) is 4.98 Å². The molecule has 0 spiro atoms. The van der Waals surface area contributed by atoms with E-state index in [1.54, 1.807) is 0 Å². The average Bonchev–Trinajstić information content (AvgIpc) is 2.51. The summed E-state index contributed by atoms with van der Waals surface area (Å²) < 4.78 is 0. The second-order valence-corrected chi connectivity index (χ2v) is 2.53. The van der Waals surface area contributed by atoms with Crippen molar-refractivity contribution in [1.82, 2.24) is 19.9 Å². The molecule has 0 amide bonds. The number of fused-ring (bicyclic) bond motifs is 1. The molecule has 2 aromatic heterocycles. The van der Waals surface area contributed by atoms with E-state index < -0.39 is 0 Å². The molecule has 2 rings (SSSR count). The molecule has 2 heterocycles. The Hall–Kier alpha value is -1.98. The quantitative estimate of drug-likeness (QED) is 0.611. The highest BCUT2D eigenvalue weighted by Gasteiger charge is 2.10. The fourth-order valence-corrected chi connectivity index (χ4v) is 0.978. The Balaban J connectivity index is 2.77. The standard InChI is InChI=1S/C7H6N4O2/c1-3(12)5-10-6-4(7(13)11-5)8-2-9-6/h2H,1H3,(H2,8,9,10,11,13). The van der Waals surface area contributed by atoms with Crippen LogP contribution < -0.4 is 0 Å². The third-order valence-electron chi connectivity index (χ3n) is 1.58. The van der Waals surface area contributed by atoms with E-state index in [9.17, 15) is 9.90 Å². The number of aromatic nitrogens is 4. The maximum atomic E-state index is 10.9. The second-order valence-electron chi connectivity index (χ2n) is 2.53. The highest BCUT2D eigenvalue weighted by molar-refractivity contribution is 5.92. The number of nitrogens with one attached hydrogen (secondary N) is 1. The van der Waals surface area contributed by atoms with Gasteiger partial charge < -0.3 is 10.1 Å². The smallest absolute Gasteiger partial charge is 0.243 e. The van der Waals surface area contributed by atoms with Crippen LogP contribution in [0.3, 0.4) is 0 Å². The van der Waals surface area contributed by atoms with Crippen LogP contribution in [0.25, 0.3) is 11.2 Å². The number of aromatic hydroxyl groups is 1. The minimum absolute atomic E-state index is 0.0192. The molecule has 0 aliphatic heterocycles. The molecule has 0 saturated carbocycles. The van der Waals surface area contributed by atoms with Crippen molar-refractivity contribution in [3.63, 3.8) is 0 Å². The summed E-state index contributed by atoms with van der Waals surface area (Å²) in [6.45, 7) is 1.33. The zero-order chi connectivity index (χ0) is 9.42. The molecule has 66 valence electrons. The van der Waals surface area contributed by atoms with E-state index in [0.29, 0.717) is 5.65 Å². The Bertz CT molecular complexity index is 476. The van der Waals surface area contributed by atoms with Crippen LogP contribution in [0.1, 0.15) is 17.5 Å². The molecule has 13 heavy (non-hydrogen) atoms. The van der Waals surface area contributed by atoms with Crippen molar-refractivity contribution in [2.45, 2.75) is 6.92 Å². The van der Waals surface area contributed by atoms with Crippen molar-refractivity contribution in [3.8, 4) is 5.88 Å². The van der Waals surface area contributed by atoms with Crippen molar-refractivity contribution in [1.29, 1.82) is 0 Å². The maximum Gasteiger partial charge on any atom is 0.243 e. The van der Waals surface area contributed by atoms with Crippen LogP contribution >= 0.6 is 0 Å². The monoisotopic (exact) mass is 178 g/mol. The van der Waals surface area contributed by atoms with Gasteiger partial charge in [0.15, 0.2) is 16.9 Å². The summed E-state index contributed by atoms with van der Waals surface area (Å²) in [7, 11) is 0. The molecule has 6 heteroatoms. The number of hydrogen-bond donors (Lipinski definition) is 2. The minimum Gasteiger partial charge on any atom is -0.492 e. The third-order valence-corrected chi connectivity index (χ3v) is 1.58. The van der Waals surface area contributed by atoms with Crippen LogP contribution in [0.2, 0.25) is 0 Å². The fourth-order valence-electron chi connectivity index (χ4n) is 0.978. The van der Waals surface area contributed by atoms with E-state index in [-0.39, 0.29) is 23.0 Å². The minimum atomic E-state index is -0.299.